The first-order valence-corrected chi connectivity index (χ1v) is 15.0. The van der Waals surface area contributed by atoms with Crippen LogP contribution in [0.1, 0.15) is 50.2 Å². The van der Waals surface area contributed by atoms with Crippen LogP contribution in [0.2, 0.25) is 0 Å². The van der Waals surface area contributed by atoms with E-state index in [1.54, 1.807) is 30.9 Å². The van der Waals surface area contributed by atoms with E-state index in [1.807, 2.05) is 30.3 Å². The molecule has 0 radical (unpaired) electrons. The Morgan fingerprint density at radius 3 is 2.38 bits per heavy atom. The molecule has 0 aliphatic carbocycles. The molecule has 1 fully saturated rings. The van der Waals surface area contributed by atoms with E-state index < -0.39 is 28.1 Å². The fraction of sp³-hybridized carbons (Fsp3) is 0.455. The van der Waals surface area contributed by atoms with Crippen molar-refractivity contribution in [3.8, 4) is 0 Å². The van der Waals surface area contributed by atoms with E-state index in [0.717, 1.165) is 12.0 Å². The number of aliphatic hydroxyl groups is 1. The Morgan fingerprint density at radius 2 is 1.80 bits per heavy atom. The average molecular weight is 621 g/mol. The molecule has 12 nitrogen and oxygen atoms in total. The number of nitro benzene ring substituents is 1. The number of methoxy groups -OCH3 is 1. The largest absolute Gasteiger partial charge is 0.468 e. The van der Waals surface area contributed by atoms with Crippen LogP contribution in [-0.4, -0.2) is 90.4 Å². The van der Waals surface area contributed by atoms with Crippen LogP contribution in [0, 0.1) is 16.0 Å². The molecular formula is C33H40N4O8. The topological polar surface area (TPSA) is 152 Å². The third kappa shape index (κ3) is 7.29. The van der Waals surface area contributed by atoms with Crippen LogP contribution < -0.4 is 0 Å². The van der Waals surface area contributed by atoms with Crippen LogP contribution >= 0.6 is 0 Å². The zero-order chi connectivity index (χ0) is 32.6. The molecule has 2 aromatic rings. The third-order valence-corrected chi connectivity index (χ3v) is 8.77. The number of esters is 2. The van der Waals surface area contributed by atoms with Gasteiger partial charge in [0.25, 0.3) is 5.69 Å². The SMILES string of the molecule is COC(=O)C1(c2ccccc2)CCN(CCCN(C=O)C2=C(C)N=C(C)C(C(=O)OCCO)C2c2ccc([N+](=O)[O-])cc2)CC1. The van der Waals surface area contributed by atoms with Gasteiger partial charge in [-0.3, -0.25) is 29.5 Å². The molecule has 45 heavy (non-hydrogen) atoms. The van der Waals surface area contributed by atoms with E-state index >= 15 is 0 Å². The predicted octanol–water partition coefficient (Wildman–Crippen LogP) is 3.59. The van der Waals surface area contributed by atoms with Gasteiger partial charge in [0.05, 0.1) is 35.4 Å². The number of piperidine rings is 1. The normalized spacial score (nSPS) is 19.8. The quantitative estimate of drug-likeness (QED) is 0.153. The highest BCUT2D eigenvalue weighted by molar-refractivity contribution is 6.03. The van der Waals surface area contributed by atoms with E-state index in [1.165, 1.54) is 19.2 Å². The van der Waals surface area contributed by atoms with Gasteiger partial charge in [-0.2, -0.15) is 0 Å². The Kier molecular flexibility index (Phi) is 11.2. The molecule has 2 heterocycles. The first-order valence-electron chi connectivity index (χ1n) is 15.0. The molecule has 12 heteroatoms. The molecule has 1 amide bonds. The van der Waals surface area contributed by atoms with Gasteiger partial charge in [0.1, 0.15) is 12.5 Å². The smallest absolute Gasteiger partial charge is 0.316 e. The zero-order valence-corrected chi connectivity index (χ0v) is 25.9. The fourth-order valence-corrected chi connectivity index (χ4v) is 6.51. The maximum Gasteiger partial charge on any atom is 0.316 e. The van der Waals surface area contributed by atoms with Crippen LogP contribution in [0.4, 0.5) is 5.69 Å². The van der Waals surface area contributed by atoms with Crippen LogP contribution in [0.3, 0.4) is 0 Å². The number of carbonyl (C=O) groups excluding carboxylic acids is 3. The second kappa shape index (κ2) is 15.0. The second-order valence-electron chi connectivity index (χ2n) is 11.4. The van der Waals surface area contributed by atoms with Gasteiger partial charge in [0.15, 0.2) is 0 Å². The lowest BCUT2D eigenvalue weighted by atomic mass is 9.72. The van der Waals surface area contributed by atoms with E-state index in [-0.39, 0.29) is 24.9 Å². The molecule has 0 aromatic heterocycles. The lowest BCUT2D eigenvalue weighted by Crippen LogP contribution is -2.48. The van der Waals surface area contributed by atoms with Gasteiger partial charge in [-0.25, -0.2) is 0 Å². The number of benzene rings is 2. The molecule has 2 aliphatic rings. The minimum absolute atomic E-state index is 0.0983. The summed E-state index contributed by atoms with van der Waals surface area (Å²) in [5, 5.41) is 20.5. The number of non-ortho nitro benzene ring substituents is 1. The van der Waals surface area contributed by atoms with Crippen molar-refractivity contribution in [2.75, 3.05) is 46.5 Å². The Bertz CT molecular complexity index is 1430. The molecule has 1 N–H and O–H groups in total. The van der Waals surface area contributed by atoms with E-state index in [2.05, 4.69) is 9.89 Å². The van der Waals surface area contributed by atoms with E-state index in [4.69, 9.17) is 9.47 Å². The molecule has 2 aromatic carbocycles. The summed E-state index contributed by atoms with van der Waals surface area (Å²) in [6.45, 7) is 5.31. The lowest BCUT2D eigenvalue weighted by molar-refractivity contribution is -0.384. The maximum atomic E-state index is 13.2. The third-order valence-electron chi connectivity index (χ3n) is 8.77. The molecule has 2 unspecified atom stereocenters. The standard InChI is InChI=1S/C33H40N4O8/c1-23-28(31(40)45-21-20-38)29(25-10-12-27(13-11-25)37(42)43)30(24(2)34-23)36(22-39)17-7-16-35-18-14-33(15-19-35,32(41)44-3)26-8-5-4-6-9-26/h4-6,8-13,22,28-29,38H,7,14-21H2,1-3H3. The minimum Gasteiger partial charge on any atom is -0.468 e. The zero-order valence-electron chi connectivity index (χ0n) is 25.9. The first kappa shape index (κ1) is 33.5. The van der Waals surface area contributed by atoms with Crippen LogP contribution in [0.25, 0.3) is 0 Å². The average Bonchev–Trinajstić information content (AvgIpc) is 3.06. The van der Waals surface area contributed by atoms with Crippen molar-refractivity contribution in [2.24, 2.45) is 10.9 Å². The molecule has 2 aliphatic heterocycles. The summed E-state index contributed by atoms with van der Waals surface area (Å²) in [6.07, 6.45) is 2.55. The number of nitro groups is 1. The van der Waals surface area contributed by atoms with Crippen LogP contribution in [-0.2, 0) is 29.3 Å². The summed E-state index contributed by atoms with van der Waals surface area (Å²) in [5.41, 5.74) is 2.30. The van der Waals surface area contributed by atoms with Crippen molar-refractivity contribution in [1.82, 2.24) is 9.80 Å². The molecule has 1 saturated heterocycles. The predicted molar refractivity (Wildman–Crippen MR) is 166 cm³/mol. The summed E-state index contributed by atoms with van der Waals surface area (Å²) in [7, 11) is 1.42. The summed E-state index contributed by atoms with van der Waals surface area (Å²) in [6, 6.07) is 15.6. The van der Waals surface area contributed by atoms with Gasteiger partial charge in [0, 0.05) is 30.3 Å². The van der Waals surface area contributed by atoms with Crippen molar-refractivity contribution in [2.45, 2.75) is 44.4 Å². The van der Waals surface area contributed by atoms with Crippen molar-refractivity contribution in [3.63, 3.8) is 0 Å². The molecular weight excluding hydrogens is 580 g/mol. The molecule has 0 saturated carbocycles. The van der Waals surface area contributed by atoms with E-state index in [0.29, 0.717) is 68.1 Å². The molecule has 2 atom stereocenters. The number of ether oxygens (including phenoxy) is 2. The van der Waals surface area contributed by atoms with Crippen molar-refractivity contribution >= 4 is 29.7 Å². The summed E-state index contributed by atoms with van der Waals surface area (Å²) >= 11 is 0. The highest BCUT2D eigenvalue weighted by Crippen LogP contribution is 2.41. The number of carbonyl (C=O) groups is 3. The number of allylic oxidation sites excluding steroid dienone is 2. The highest BCUT2D eigenvalue weighted by Gasteiger charge is 2.44. The second-order valence-corrected chi connectivity index (χ2v) is 11.4. The van der Waals surface area contributed by atoms with Gasteiger partial charge in [-0.15, -0.1) is 0 Å². The molecule has 240 valence electrons. The number of amides is 1. The van der Waals surface area contributed by atoms with Gasteiger partial charge >= 0.3 is 11.9 Å². The maximum absolute atomic E-state index is 13.2. The number of nitrogens with zero attached hydrogens (tertiary/aromatic N) is 4. The molecule has 0 spiro atoms. The lowest BCUT2D eigenvalue weighted by Gasteiger charge is -2.40. The van der Waals surface area contributed by atoms with Gasteiger partial charge in [-0.05, 0) is 63.9 Å². The first-order chi connectivity index (χ1) is 21.7. The molecule has 0 bridgehead atoms. The Hall–Kier alpha value is -4.42. The fourth-order valence-electron chi connectivity index (χ4n) is 6.51. The Balaban J connectivity index is 1.52. The summed E-state index contributed by atoms with van der Waals surface area (Å²) in [4.78, 5) is 58.0. The number of rotatable bonds is 13. The molecule has 4 rings (SSSR count). The van der Waals surface area contributed by atoms with Gasteiger partial charge < -0.3 is 24.4 Å². The summed E-state index contributed by atoms with van der Waals surface area (Å²) in [5.74, 6) is -2.43. The van der Waals surface area contributed by atoms with Crippen molar-refractivity contribution < 1.29 is 33.9 Å². The number of hydrogen-bond acceptors (Lipinski definition) is 10. The highest BCUT2D eigenvalue weighted by atomic mass is 16.6. The van der Waals surface area contributed by atoms with Crippen LogP contribution in [0.5, 0.6) is 0 Å². The van der Waals surface area contributed by atoms with Crippen LogP contribution in [0.15, 0.2) is 71.0 Å². The van der Waals surface area contributed by atoms with E-state index in [9.17, 15) is 29.6 Å². The van der Waals surface area contributed by atoms with Gasteiger partial charge in [-0.1, -0.05) is 42.5 Å². The minimum atomic E-state index is -0.898. The summed E-state index contributed by atoms with van der Waals surface area (Å²) < 4.78 is 10.5. The Morgan fingerprint density at radius 1 is 1.13 bits per heavy atom. The number of hydrogen-bond donors (Lipinski definition) is 1. The van der Waals surface area contributed by atoms with Crippen molar-refractivity contribution in [1.29, 1.82) is 0 Å². The van der Waals surface area contributed by atoms with Gasteiger partial charge in [0.2, 0.25) is 6.41 Å². The monoisotopic (exact) mass is 620 g/mol. The number of aliphatic hydroxyl groups excluding tert-OH is 1. The van der Waals surface area contributed by atoms with Crippen molar-refractivity contribution in [3.05, 3.63) is 87.2 Å². The number of aliphatic imine (C=N–C) groups is 1. The Labute approximate surface area is 262 Å². The number of likely N-dealkylation sites (tertiary alicyclic amines) is 1.